The second-order valence-electron chi connectivity index (χ2n) is 4.43. The van der Waals surface area contributed by atoms with E-state index in [1.807, 2.05) is 0 Å². The van der Waals surface area contributed by atoms with Crippen LogP contribution in [0.5, 0.6) is 0 Å². The number of aliphatic hydroxyl groups excluding tert-OH is 1. The minimum Gasteiger partial charge on any atom is -0.396 e. The van der Waals surface area contributed by atoms with Gasteiger partial charge in [0.15, 0.2) is 0 Å². The Balaban J connectivity index is 1.74. The van der Waals surface area contributed by atoms with Gasteiger partial charge in [-0.1, -0.05) is 0 Å². The van der Waals surface area contributed by atoms with Gasteiger partial charge in [-0.05, 0) is 44.9 Å². The van der Waals surface area contributed by atoms with Crippen molar-refractivity contribution in [2.45, 2.75) is 50.7 Å². The lowest BCUT2D eigenvalue weighted by Gasteiger charge is -2.21. The van der Waals surface area contributed by atoms with Crippen molar-refractivity contribution in [3.8, 4) is 0 Å². The Hall–Kier alpha value is -0.0800. The van der Waals surface area contributed by atoms with E-state index in [9.17, 15) is 0 Å². The third-order valence-electron chi connectivity index (χ3n) is 3.40. The fourth-order valence-electron chi connectivity index (χ4n) is 2.36. The first-order chi connectivity index (χ1) is 5.74. The van der Waals surface area contributed by atoms with Crippen LogP contribution in [0.1, 0.15) is 39.0 Å². The molecule has 3 atom stereocenters. The summed E-state index contributed by atoms with van der Waals surface area (Å²) in [6.45, 7) is 2.57. The fourth-order valence-corrected chi connectivity index (χ4v) is 2.36. The van der Waals surface area contributed by atoms with Crippen molar-refractivity contribution in [3.05, 3.63) is 0 Å². The van der Waals surface area contributed by atoms with Crippen LogP contribution in [-0.2, 0) is 4.74 Å². The molecule has 0 amide bonds. The van der Waals surface area contributed by atoms with E-state index in [0.29, 0.717) is 12.7 Å². The summed E-state index contributed by atoms with van der Waals surface area (Å²) in [5, 5.41) is 8.69. The molecule has 0 aromatic rings. The van der Waals surface area contributed by atoms with Crippen LogP contribution in [0.15, 0.2) is 0 Å². The van der Waals surface area contributed by atoms with Crippen LogP contribution < -0.4 is 0 Å². The smallest absolute Gasteiger partial charge is 0.0920 e. The van der Waals surface area contributed by atoms with Gasteiger partial charge in [-0.2, -0.15) is 0 Å². The Morgan fingerprint density at radius 2 is 2.42 bits per heavy atom. The van der Waals surface area contributed by atoms with Gasteiger partial charge < -0.3 is 9.84 Å². The van der Waals surface area contributed by atoms with Gasteiger partial charge in [0.1, 0.15) is 0 Å². The third-order valence-corrected chi connectivity index (χ3v) is 3.40. The maximum Gasteiger partial charge on any atom is 0.0920 e. The molecule has 12 heavy (non-hydrogen) atoms. The van der Waals surface area contributed by atoms with Gasteiger partial charge >= 0.3 is 0 Å². The van der Waals surface area contributed by atoms with Crippen LogP contribution in [0.3, 0.4) is 0 Å². The second-order valence-corrected chi connectivity index (χ2v) is 4.43. The lowest BCUT2D eigenvalue weighted by atomic mass is 9.81. The molecule has 0 bridgehead atoms. The summed E-state index contributed by atoms with van der Waals surface area (Å²) in [7, 11) is 0. The standard InChI is InChI=1S/C10H18O2/c1-10-5-4-8(3-2-6-11)7-9(10)12-10/h8-9,11H,2-7H2,1H3. The van der Waals surface area contributed by atoms with Crippen LogP contribution in [0.25, 0.3) is 0 Å². The SMILES string of the molecule is CC12CCC(CCCO)CC1O2. The predicted molar refractivity (Wildman–Crippen MR) is 46.9 cm³/mol. The Morgan fingerprint density at radius 3 is 3.08 bits per heavy atom. The quantitative estimate of drug-likeness (QED) is 0.654. The van der Waals surface area contributed by atoms with Crippen molar-refractivity contribution in [1.82, 2.24) is 0 Å². The average molecular weight is 170 g/mol. The highest BCUT2D eigenvalue weighted by Gasteiger charge is 2.54. The zero-order chi connectivity index (χ0) is 8.60. The monoisotopic (exact) mass is 170 g/mol. The molecule has 1 N–H and O–H groups in total. The molecule has 1 saturated carbocycles. The van der Waals surface area contributed by atoms with E-state index in [1.54, 1.807) is 0 Å². The molecule has 1 heterocycles. The van der Waals surface area contributed by atoms with Gasteiger partial charge in [0.05, 0.1) is 11.7 Å². The summed E-state index contributed by atoms with van der Waals surface area (Å²) < 4.78 is 5.61. The molecule has 0 radical (unpaired) electrons. The number of hydrogen-bond donors (Lipinski definition) is 1. The number of fused-ring (bicyclic) bond motifs is 1. The van der Waals surface area contributed by atoms with Gasteiger partial charge in [-0.15, -0.1) is 0 Å². The molecule has 0 spiro atoms. The summed E-state index contributed by atoms with van der Waals surface area (Å²) in [5.41, 5.74) is 0.260. The van der Waals surface area contributed by atoms with Crippen molar-refractivity contribution in [2.75, 3.05) is 6.61 Å². The minimum atomic E-state index is 0.260. The molecule has 1 aliphatic carbocycles. The van der Waals surface area contributed by atoms with Crippen molar-refractivity contribution in [2.24, 2.45) is 5.92 Å². The first kappa shape index (κ1) is 8.52. The first-order valence-corrected chi connectivity index (χ1v) is 5.03. The molecule has 2 nitrogen and oxygen atoms in total. The molecule has 0 aromatic carbocycles. The number of epoxide rings is 1. The zero-order valence-electron chi connectivity index (χ0n) is 7.75. The lowest BCUT2D eigenvalue weighted by Crippen LogP contribution is -2.21. The molecule has 1 saturated heterocycles. The highest BCUT2D eigenvalue weighted by molar-refractivity contribution is 5.03. The van der Waals surface area contributed by atoms with Crippen LogP contribution >= 0.6 is 0 Å². The van der Waals surface area contributed by atoms with E-state index in [2.05, 4.69) is 6.92 Å². The van der Waals surface area contributed by atoms with Gasteiger partial charge in [0.25, 0.3) is 0 Å². The Morgan fingerprint density at radius 1 is 1.58 bits per heavy atom. The molecule has 2 aliphatic rings. The highest BCUT2D eigenvalue weighted by Crippen LogP contribution is 2.49. The normalized spacial score (nSPS) is 45.5. The van der Waals surface area contributed by atoms with Gasteiger partial charge in [-0.3, -0.25) is 0 Å². The van der Waals surface area contributed by atoms with Crippen molar-refractivity contribution < 1.29 is 9.84 Å². The Kier molecular flexibility index (Phi) is 2.13. The molecule has 2 fully saturated rings. The Labute approximate surface area is 73.9 Å². The average Bonchev–Trinajstić information content (AvgIpc) is 2.72. The molecular formula is C10H18O2. The third kappa shape index (κ3) is 1.50. The van der Waals surface area contributed by atoms with Crippen molar-refractivity contribution in [3.63, 3.8) is 0 Å². The summed E-state index contributed by atoms with van der Waals surface area (Å²) in [6.07, 6.45) is 6.47. The van der Waals surface area contributed by atoms with E-state index in [4.69, 9.17) is 9.84 Å². The first-order valence-electron chi connectivity index (χ1n) is 5.03. The number of ether oxygens (including phenoxy) is 1. The van der Waals surface area contributed by atoms with Gasteiger partial charge in [0, 0.05) is 6.61 Å². The van der Waals surface area contributed by atoms with E-state index in [1.165, 1.54) is 25.7 Å². The number of hydrogen-bond acceptors (Lipinski definition) is 2. The maximum atomic E-state index is 8.69. The largest absolute Gasteiger partial charge is 0.396 e. The minimum absolute atomic E-state index is 0.260. The number of rotatable bonds is 3. The highest BCUT2D eigenvalue weighted by atomic mass is 16.6. The topological polar surface area (TPSA) is 32.8 Å². The van der Waals surface area contributed by atoms with Crippen LogP contribution in [0, 0.1) is 5.92 Å². The summed E-state index contributed by atoms with van der Waals surface area (Å²) >= 11 is 0. The summed E-state index contributed by atoms with van der Waals surface area (Å²) in [5.74, 6) is 0.817. The van der Waals surface area contributed by atoms with Gasteiger partial charge in [0.2, 0.25) is 0 Å². The van der Waals surface area contributed by atoms with Crippen molar-refractivity contribution >= 4 is 0 Å². The van der Waals surface area contributed by atoms with Crippen LogP contribution in [-0.4, -0.2) is 23.4 Å². The van der Waals surface area contributed by atoms with Crippen LogP contribution in [0.4, 0.5) is 0 Å². The fraction of sp³-hybridized carbons (Fsp3) is 1.00. The molecule has 0 aromatic heterocycles. The Bertz CT molecular complexity index is 169. The van der Waals surface area contributed by atoms with E-state index >= 15 is 0 Å². The van der Waals surface area contributed by atoms with Gasteiger partial charge in [-0.25, -0.2) is 0 Å². The van der Waals surface area contributed by atoms with E-state index in [0.717, 1.165) is 12.3 Å². The van der Waals surface area contributed by atoms with Crippen molar-refractivity contribution in [1.29, 1.82) is 0 Å². The van der Waals surface area contributed by atoms with E-state index < -0.39 is 0 Å². The lowest BCUT2D eigenvalue weighted by molar-refractivity contribution is 0.253. The van der Waals surface area contributed by atoms with Crippen LogP contribution in [0.2, 0.25) is 0 Å². The molecule has 2 heteroatoms. The number of aliphatic hydroxyl groups is 1. The molecule has 1 aliphatic heterocycles. The maximum absolute atomic E-state index is 8.69. The molecule has 2 rings (SSSR count). The molecule has 3 unspecified atom stereocenters. The summed E-state index contributed by atoms with van der Waals surface area (Å²) in [6, 6.07) is 0. The molecular weight excluding hydrogens is 152 g/mol. The molecule has 70 valence electrons. The van der Waals surface area contributed by atoms with E-state index in [-0.39, 0.29) is 5.60 Å². The summed E-state index contributed by atoms with van der Waals surface area (Å²) in [4.78, 5) is 0. The zero-order valence-corrected chi connectivity index (χ0v) is 7.75. The second kappa shape index (κ2) is 3.00. The predicted octanol–water partition coefficient (Wildman–Crippen LogP) is 1.72.